The lowest BCUT2D eigenvalue weighted by atomic mass is 10.2. The van der Waals surface area contributed by atoms with E-state index in [4.69, 9.17) is 16.3 Å². The van der Waals surface area contributed by atoms with E-state index in [1.165, 1.54) is 17.4 Å². The van der Waals surface area contributed by atoms with E-state index in [2.05, 4.69) is 10.3 Å². The normalized spacial score (nSPS) is 17.3. The third kappa shape index (κ3) is 4.67. The van der Waals surface area contributed by atoms with E-state index in [1.54, 1.807) is 12.1 Å². The van der Waals surface area contributed by atoms with Crippen molar-refractivity contribution in [3.8, 4) is 16.6 Å². The molecule has 1 fully saturated rings. The molecule has 128 valence electrons. The molecule has 1 aliphatic heterocycles. The first-order valence-corrected chi connectivity index (χ1v) is 9.14. The first-order valence-electron chi connectivity index (χ1n) is 7.89. The van der Waals surface area contributed by atoms with Gasteiger partial charge < -0.3 is 10.1 Å². The Bertz CT molecular complexity index is 818. The van der Waals surface area contributed by atoms with E-state index >= 15 is 0 Å². The molecular formula is C18H16ClN3O2S. The number of nitrogens with one attached hydrogen (secondary N) is 1. The van der Waals surface area contributed by atoms with Crippen LogP contribution < -0.4 is 5.32 Å². The van der Waals surface area contributed by atoms with Gasteiger partial charge in [-0.15, -0.1) is 11.3 Å². The number of halogens is 1. The summed E-state index contributed by atoms with van der Waals surface area (Å²) in [4.78, 5) is 16.6. The number of rotatable bonds is 5. The van der Waals surface area contributed by atoms with Gasteiger partial charge in [0.2, 0.25) is 0 Å². The lowest BCUT2D eigenvalue weighted by Crippen LogP contribution is -2.32. The van der Waals surface area contributed by atoms with Gasteiger partial charge in [0.05, 0.1) is 11.8 Å². The molecule has 1 N–H and O–H groups in total. The fourth-order valence-electron chi connectivity index (χ4n) is 2.48. The summed E-state index contributed by atoms with van der Waals surface area (Å²) >= 11 is 7.33. The van der Waals surface area contributed by atoms with Crippen LogP contribution in [0.1, 0.15) is 18.5 Å². The third-order valence-electron chi connectivity index (χ3n) is 3.78. The number of thiazole rings is 1. The smallest absolute Gasteiger partial charge is 0.262 e. The number of amides is 1. The van der Waals surface area contributed by atoms with Crippen LogP contribution in [0.3, 0.4) is 0 Å². The quantitative estimate of drug-likeness (QED) is 0.641. The number of hydrogen-bond donors (Lipinski definition) is 1. The van der Waals surface area contributed by atoms with E-state index in [1.807, 2.05) is 23.6 Å². The van der Waals surface area contributed by atoms with E-state index in [9.17, 15) is 10.1 Å². The van der Waals surface area contributed by atoms with E-state index in [0.717, 1.165) is 30.0 Å². The second-order valence-electron chi connectivity index (χ2n) is 5.60. The second kappa shape index (κ2) is 8.26. The number of carbonyl (C=O) groups is 1. The molecular weight excluding hydrogens is 358 g/mol. The zero-order valence-corrected chi connectivity index (χ0v) is 14.9. The van der Waals surface area contributed by atoms with Crippen molar-refractivity contribution in [2.24, 2.45) is 0 Å². The minimum absolute atomic E-state index is 0.0333. The molecule has 0 radical (unpaired) electrons. The van der Waals surface area contributed by atoms with Gasteiger partial charge in [0.1, 0.15) is 16.6 Å². The van der Waals surface area contributed by atoms with E-state index < -0.39 is 5.91 Å². The van der Waals surface area contributed by atoms with Gasteiger partial charge in [-0.2, -0.15) is 5.26 Å². The molecule has 0 bridgehead atoms. The molecule has 7 heteroatoms. The maximum atomic E-state index is 12.2. The van der Waals surface area contributed by atoms with Gasteiger partial charge in [-0.25, -0.2) is 4.98 Å². The van der Waals surface area contributed by atoms with Gasteiger partial charge in [0, 0.05) is 29.1 Å². The Balaban J connectivity index is 1.68. The van der Waals surface area contributed by atoms with Crippen LogP contribution >= 0.6 is 22.9 Å². The lowest BCUT2D eigenvalue weighted by molar-refractivity contribution is -0.117. The molecule has 2 heterocycles. The number of hydrogen-bond acceptors (Lipinski definition) is 5. The number of benzene rings is 1. The molecule has 25 heavy (non-hydrogen) atoms. The molecule has 3 rings (SSSR count). The number of nitriles is 1. The van der Waals surface area contributed by atoms with Gasteiger partial charge in [-0.3, -0.25) is 4.79 Å². The van der Waals surface area contributed by atoms with Crippen molar-refractivity contribution in [3.05, 3.63) is 45.9 Å². The highest BCUT2D eigenvalue weighted by atomic mass is 35.5. The second-order valence-corrected chi connectivity index (χ2v) is 6.89. The molecule has 0 saturated carbocycles. The van der Waals surface area contributed by atoms with Crippen LogP contribution in [0.15, 0.2) is 35.2 Å². The van der Waals surface area contributed by atoms with E-state index in [0.29, 0.717) is 17.3 Å². The maximum Gasteiger partial charge on any atom is 0.262 e. The molecule has 0 aliphatic carbocycles. The summed E-state index contributed by atoms with van der Waals surface area (Å²) in [5, 5.41) is 15.3. The average molecular weight is 374 g/mol. The molecule has 5 nitrogen and oxygen atoms in total. The molecule has 1 aromatic carbocycles. The Morgan fingerprint density at radius 1 is 1.48 bits per heavy atom. The number of nitrogens with zero attached hydrogens (tertiary/aromatic N) is 2. The minimum atomic E-state index is -0.404. The maximum absolute atomic E-state index is 12.2. The van der Waals surface area contributed by atoms with Crippen LogP contribution in [-0.2, 0) is 9.53 Å². The topological polar surface area (TPSA) is 75.0 Å². The van der Waals surface area contributed by atoms with Crippen LogP contribution in [-0.4, -0.2) is 30.1 Å². The lowest BCUT2D eigenvalue weighted by Gasteiger charge is -2.09. The summed E-state index contributed by atoms with van der Waals surface area (Å²) in [7, 11) is 0. The molecule has 0 spiro atoms. The highest BCUT2D eigenvalue weighted by Gasteiger charge is 2.17. The van der Waals surface area contributed by atoms with Crippen molar-refractivity contribution in [1.29, 1.82) is 5.26 Å². The summed E-state index contributed by atoms with van der Waals surface area (Å²) in [6.07, 6.45) is 3.48. The van der Waals surface area contributed by atoms with Crippen molar-refractivity contribution >= 4 is 34.9 Å². The largest absolute Gasteiger partial charge is 0.376 e. The first kappa shape index (κ1) is 17.6. The summed E-state index contributed by atoms with van der Waals surface area (Å²) in [6, 6.07) is 9.30. The summed E-state index contributed by atoms with van der Waals surface area (Å²) in [5.74, 6) is -0.404. The number of ether oxygens (including phenoxy) is 1. The summed E-state index contributed by atoms with van der Waals surface area (Å²) < 4.78 is 5.46. The van der Waals surface area contributed by atoms with Gasteiger partial charge in [-0.05, 0) is 31.1 Å². The molecule has 1 amide bonds. The number of carbonyl (C=O) groups excluding carboxylic acids is 1. The fraction of sp³-hybridized carbons (Fsp3) is 0.278. The average Bonchev–Trinajstić information content (AvgIpc) is 3.30. The molecule has 2 aromatic rings. The highest BCUT2D eigenvalue weighted by molar-refractivity contribution is 7.13. The van der Waals surface area contributed by atoms with Gasteiger partial charge in [0.15, 0.2) is 0 Å². The predicted molar refractivity (Wildman–Crippen MR) is 98.1 cm³/mol. The molecule has 0 unspecified atom stereocenters. The van der Waals surface area contributed by atoms with Crippen LogP contribution in [0.25, 0.3) is 16.6 Å². The van der Waals surface area contributed by atoms with E-state index in [-0.39, 0.29) is 11.7 Å². The van der Waals surface area contributed by atoms with Gasteiger partial charge in [-0.1, -0.05) is 23.7 Å². The monoisotopic (exact) mass is 373 g/mol. The van der Waals surface area contributed by atoms with Crippen LogP contribution in [0.2, 0.25) is 5.02 Å². The first-order chi connectivity index (χ1) is 12.2. The zero-order valence-electron chi connectivity index (χ0n) is 13.4. The van der Waals surface area contributed by atoms with Gasteiger partial charge in [0.25, 0.3) is 5.91 Å². The van der Waals surface area contributed by atoms with Crippen LogP contribution in [0, 0.1) is 11.3 Å². The summed E-state index contributed by atoms with van der Waals surface area (Å²) in [5.41, 5.74) is 1.56. The molecule has 1 aliphatic rings. The van der Waals surface area contributed by atoms with Crippen molar-refractivity contribution in [2.75, 3.05) is 13.2 Å². The number of aromatic nitrogens is 1. The van der Waals surface area contributed by atoms with Crippen molar-refractivity contribution < 1.29 is 9.53 Å². The van der Waals surface area contributed by atoms with Gasteiger partial charge >= 0.3 is 0 Å². The standard InChI is InChI=1S/C18H16ClN3O2S/c19-14-5-3-12(4-6-14)18-22-15(11-25-18)8-13(9-20)17(23)21-10-16-2-1-7-24-16/h3-6,8,11,16H,1-2,7,10H2,(H,21,23)/b13-8+/t16-/m1/s1. The highest BCUT2D eigenvalue weighted by Crippen LogP contribution is 2.26. The summed E-state index contributed by atoms with van der Waals surface area (Å²) in [6.45, 7) is 1.15. The Morgan fingerprint density at radius 2 is 2.28 bits per heavy atom. The minimum Gasteiger partial charge on any atom is -0.376 e. The molecule has 1 aromatic heterocycles. The van der Waals surface area contributed by atoms with Crippen LogP contribution in [0.4, 0.5) is 0 Å². The van der Waals surface area contributed by atoms with Crippen molar-refractivity contribution in [1.82, 2.24) is 10.3 Å². The van der Waals surface area contributed by atoms with Crippen LogP contribution in [0.5, 0.6) is 0 Å². The predicted octanol–water partition coefficient (Wildman–Crippen LogP) is 3.67. The molecule has 1 saturated heterocycles. The zero-order chi connectivity index (χ0) is 17.6. The Morgan fingerprint density at radius 3 is 2.96 bits per heavy atom. The fourth-order valence-corrected chi connectivity index (χ4v) is 3.39. The van der Waals surface area contributed by atoms with Crippen molar-refractivity contribution in [2.45, 2.75) is 18.9 Å². The third-order valence-corrected chi connectivity index (χ3v) is 4.95. The SMILES string of the molecule is N#C/C(=C\c1csc(-c2ccc(Cl)cc2)n1)C(=O)NC[C@H]1CCCO1. The Hall–Kier alpha value is -2.20. The Labute approximate surface area is 154 Å². The Kier molecular flexibility index (Phi) is 5.82. The van der Waals surface area contributed by atoms with Crippen molar-refractivity contribution in [3.63, 3.8) is 0 Å². The molecule has 1 atom stereocenters.